The van der Waals surface area contributed by atoms with Crippen molar-refractivity contribution >= 4 is 5.96 Å². The van der Waals surface area contributed by atoms with Gasteiger partial charge in [0.15, 0.2) is 5.96 Å². The average molecular weight is 355 g/mol. The molecule has 6 heteroatoms. The first kappa shape index (κ1) is 18.5. The third-order valence-corrected chi connectivity index (χ3v) is 4.59. The number of guanidine groups is 1. The predicted molar refractivity (Wildman–Crippen MR) is 104 cm³/mol. The molecule has 1 N–H and O–H groups in total. The fourth-order valence-electron chi connectivity index (χ4n) is 3.25. The van der Waals surface area contributed by atoms with E-state index in [9.17, 15) is 0 Å². The maximum absolute atomic E-state index is 6.04. The van der Waals surface area contributed by atoms with Crippen LogP contribution in [0.2, 0.25) is 0 Å². The molecule has 1 atom stereocenters. The standard InChI is InChI=1S/C20H29N5O/c1-4-21-20(22-9-10-25-14-16(2)13-23-25)24-11-12-26-19(15-24)18-8-6-5-7-17(18)3/h5-8,13-14,19H,4,9-12,15H2,1-3H3,(H,21,22). The van der Waals surface area contributed by atoms with E-state index in [-0.39, 0.29) is 6.10 Å². The molecule has 1 unspecified atom stereocenters. The van der Waals surface area contributed by atoms with Crippen LogP contribution >= 0.6 is 0 Å². The molecule has 3 rings (SSSR count). The van der Waals surface area contributed by atoms with Crippen molar-refractivity contribution < 1.29 is 4.74 Å². The lowest BCUT2D eigenvalue weighted by molar-refractivity contribution is -0.00833. The molecule has 0 saturated carbocycles. The highest BCUT2D eigenvalue weighted by atomic mass is 16.5. The maximum atomic E-state index is 6.04. The van der Waals surface area contributed by atoms with E-state index in [1.54, 1.807) is 0 Å². The second-order valence-electron chi connectivity index (χ2n) is 6.68. The van der Waals surface area contributed by atoms with Crippen LogP contribution in [0.3, 0.4) is 0 Å². The summed E-state index contributed by atoms with van der Waals surface area (Å²) in [7, 11) is 0. The molecule has 1 aromatic heterocycles. The van der Waals surface area contributed by atoms with Crippen LogP contribution in [0.1, 0.15) is 29.7 Å². The third-order valence-electron chi connectivity index (χ3n) is 4.59. The minimum Gasteiger partial charge on any atom is -0.370 e. The summed E-state index contributed by atoms with van der Waals surface area (Å²) in [4.78, 5) is 7.11. The molecule has 0 spiro atoms. The molecule has 0 amide bonds. The zero-order valence-corrected chi connectivity index (χ0v) is 16.0. The highest BCUT2D eigenvalue weighted by Crippen LogP contribution is 2.24. The lowest BCUT2D eigenvalue weighted by Crippen LogP contribution is -2.48. The number of hydrogen-bond acceptors (Lipinski definition) is 3. The molecule has 2 heterocycles. The summed E-state index contributed by atoms with van der Waals surface area (Å²) in [6, 6.07) is 8.45. The minimum absolute atomic E-state index is 0.0857. The van der Waals surface area contributed by atoms with E-state index in [1.165, 1.54) is 16.7 Å². The van der Waals surface area contributed by atoms with Crippen molar-refractivity contribution in [2.24, 2.45) is 4.99 Å². The number of hydrogen-bond donors (Lipinski definition) is 1. The second-order valence-corrected chi connectivity index (χ2v) is 6.68. The third kappa shape index (κ3) is 4.64. The van der Waals surface area contributed by atoms with Gasteiger partial charge in [-0.2, -0.15) is 5.10 Å². The van der Waals surface area contributed by atoms with E-state index in [0.717, 1.165) is 32.1 Å². The number of aliphatic imine (C=N–C) groups is 1. The second kappa shape index (κ2) is 8.85. The Morgan fingerprint density at radius 2 is 2.19 bits per heavy atom. The number of aromatic nitrogens is 2. The van der Waals surface area contributed by atoms with E-state index in [1.807, 2.05) is 17.1 Å². The van der Waals surface area contributed by atoms with Crippen molar-refractivity contribution in [1.29, 1.82) is 0 Å². The molecule has 6 nitrogen and oxygen atoms in total. The van der Waals surface area contributed by atoms with Gasteiger partial charge in [0.2, 0.25) is 0 Å². The van der Waals surface area contributed by atoms with Crippen LogP contribution < -0.4 is 5.32 Å². The zero-order chi connectivity index (χ0) is 18.4. The average Bonchev–Trinajstić information content (AvgIpc) is 3.07. The Balaban J connectivity index is 1.66. The Kier molecular flexibility index (Phi) is 6.28. The van der Waals surface area contributed by atoms with Gasteiger partial charge in [-0.15, -0.1) is 0 Å². The first-order chi connectivity index (χ1) is 12.7. The molecule has 0 radical (unpaired) electrons. The van der Waals surface area contributed by atoms with Gasteiger partial charge in [-0.1, -0.05) is 24.3 Å². The van der Waals surface area contributed by atoms with Gasteiger partial charge in [-0.25, -0.2) is 0 Å². The molecule has 0 aliphatic carbocycles. The van der Waals surface area contributed by atoms with Gasteiger partial charge in [0.05, 0.1) is 32.4 Å². The minimum atomic E-state index is 0.0857. The van der Waals surface area contributed by atoms with Gasteiger partial charge < -0.3 is 15.0 Å². The van der Waals surface area contributed by atoms with Crippen LogP contribution in [-0.4, -0.2) is 53.4 Å². The molecule has 1 fully saturated rings. The molecular formula is C20H29N5O. The van der Waals surface area contributed by atoms with E-state index >= 15 is 0 Å². The quantitative estimate of drug-likeness (QED) is 0.661. The van der Waals surface area contributed by atoms with Crippen LogP contribution in [0.4, 0.5) is 0 Å². The molecular weight excluding hydrogens is 326 g/mol. The Labute approximate surface area is 155 Å². The van der Waals surface area contributed by atoms with Crippen LogP contribution in [0.5, 0.6) is 0 Å². The molecule has 1 aliphatic heterocycles. The van der Waals surface area contributed by atoms with Crippen LogP contribution in [0.25, 0.3) is 0 Å². The highest BCUT2D eigenvalue weighted by Gasteiger charge is 2.25. The Bertz CT molecular complexity index is 739. The van der Waals surface area contributed by atoms with E-state index in [2.05, 4.69) is 60.4 Å². The van der Waals surface area contributed by atoms with Crippen LogP contribution in [-0.2, 0) is 11.3 Å². The summed E-state index contributed by atoms with van der Waals surface area (Å²) in [5.41, 5.74) is 3.71. The number of benzene rings is 1. The van der Waals surface area contributed by atoms with Crippen molar-refractivity contribution in [2.75, 3.05) is 32.8 Å². The summed E-state index contributed by atoms with van der Waals surface area (Å²) in [6.45, 7) is 11.0. The lowest BCUT2D eigenvalue weighted by atomic mass is 10.0. The SMILES string of the molecule is CCNC(=NCCn1cc(C)cn1)N1CCOC(c2ccccc2C)C1. The van der Waals surface area contributed by atoms with Crippen molar-refractivity contribution in [3.8, 4) is 0 Å². The normalized spacial score (nSPS) is 18.2. The van der Waals surface area contributed by atoms with Crippen LogP contribution in [0, 0.1) is 13.8 Å². The van der Waals surface area contributed by atoms with Gasteiger partial charge in [0.1, 0.15) is 6.10 Å². The molecule has 1 saturated heterocycles. The summed E-state index contributed by atoms with van der Waals surface area (Å²) in [5, 5.41) is 7.75. The number of nitrogens with zero attached hydrogens (tertiary/aromatic N) is 4. The van der Waals surface area contributed by atoms with E-state index in [0.29, 0.717) is 13.2 Å². The number of aryl methyl sites for hydroxylation is 2. The molecule has 1 aromatic carbocycles. The predicted octanol–water partition coefficient (Wildman–Crippen LogP) is 2.54. The van der Waals surface area contributed by atoms with Crippen molar-refractivity contribution in [1.82, 2.24) is 20.0 Å². The van der Waals surface area contributed by atoms with Gasteiger partial charge >= 0.3 is 0 Å². The van der Waals surface area contributed by atoms with E-state index in [4.69, 9.17) is 9.73 Å². The van der Waals surface area contributed by atoms with Crippen molar-refractivity contribution in [2.45, 2.75) is 33.4 Å². The zero-order valence-electron chi connectivity index (χ0n) is 16.0. The Morgan fingerprint density at radius 3 is 2.92 bits per heavy atom. The van der Waals surface area contributed by atoms with Crippen LogP contribution in [0.15, 0.2) is 41.7 Å². The topological polar surface area (TPSA) is 54.7 Å². The number of ether oxygens (including phenoxy) is 1. The van der Waals surface area contributed by atoms with Gasteiger partial charge in [-0.05, 0) is 37.5 Å². The summed E-state index contributed by atoms with van der Waals surface area (Å²) >= 11 is 0. The first-order valence-electron chi connectivity index (χ1n) is 9.37. The van der Waals surface area contributed by atoms with Gasteiger partial charge in [0.25, 0.3) is 0 Å². The molecule has 26 heavy (non-hydrogen) atoms. The Hall–Kier alpha value is -2.34. The van der Waals surface area contributed by atoms with Gasteiger partial charge in [-0.3, -0.25) is 9.67 Å². The van der Waals surface area contributed by atoms with E-state index < -0.39 is 0 Å². The number of rotatable bonds is 5. The first-order valence-corrected chi connectivity index (χ1v) is 9.37. The monoisotopic (exact) mass is 355 g/mol. The number of nitrogens with one attached hydrogen (secondary N) is 1. The lowest BCUT2D eigenvalue weighted by Gasteiger charge is -2.35. The summed E-state index contributed by atoms with van der Waals surface area (Å²) in [5.74, 6) is 0.957. The largest absolute Gasteiger partial charge is 0.370 e. The Morgan fingerprint density at radius 1 is 1.35 bits per heavy atom. The smallest absolute Gasteiger partial charge is 0.194 e. The number of morpholine rings is 1. The molecule has 0 bridgehead atoms. The molecule has 140 valence electrons. The summed E-state index contributed by atoms with van der Waals surface area (Å²) < 4.78 is 7.98. The molecule has 1 aliphatic rings. The van der Waals surface area contributed by atoms with Crippen molar-refractivity contribution in [3.63, 3.8) is 0 Å². The highest BCUT2D eigenvalue weighted by molar-refractivity contribution is 5.80. The molecule has 2 aromatic rings. The summed E-state index contributed by atoms with van der Waals surface area (Å²) in [6.07, 6.45) is 4.01. The fraction of sp³-hybridized carbons (Fsp3) is 0.500. The maximum Gasteiger partial charge on any atom is 0.194 e. The van der Waals surface area contributed by atoms with Gasteiger partial charge in [0, 0.05) is 19.3 Å². The fourth-order valence-corrected chi connectivity index (χ4v) is 3.25. The van der Waals surface area contributed by atoms with Crippen molar-refractivity contribution in [3.05, 3.63) is 53.3 Å².